The number of urea groups is 1. The quantitative estimate of drug-likeness (QED) is 0.668. The van der Waals surface area contributed by atoms with Gasteiger partial charge in [0.1, 0.15) is 5.76 Å². The zero-order valence-corrected chi connectivity index (χ0v) is 18.7. The van der Waals surface area contributed by atoms with Crippen molar-refractivity contribution in [3.8, 4) is 0 Å². The monoisotopic (exact) mass is 424 g/mol. The molecule has 2 saturated heterocycles. The Balaban J connectivity index is 1.22. The first-order valence-electron chi connectivity index (χ1n) is 11.8. The number of carbonyl (C=O) groups excluding carboxylic acids is 1. The molecule has 1 aromatic heterocycles. The molecule has 4 rings (SSSR count). The smallest absolute Gasteiger partial charge is 0.315 e. The van der Waals surface area contributed by atoms with Crippen molar-refractivity contribution >= 4 is 6.03 Å². The van der Waals surface area contributed by atoms with Crippen LogP contribution >= 0.6 is 0 Å². The molecule has 6 heteroatoms. The highest BCUT2D eigenvalue weighted by atomic mass is 16.3. The van der Waals surface area contributed by atoms with Crippen LogP contribution in [0.2, 0.25) is 0 Å². The number of likely N-dealkylation sites (tertiary alicyclic amines) is 2. The summed E-state index contributed by atoms with van der Waals surface area (Å²) in [4.78, 5) is 17.3. The molecule has 2 aliphatic heterocycles. The number of nitrogens with one attached hydrogen (secondary N) is 2. The van der Waals surface area contributed by atoms with E-state index in [9.17, 15) is 4.79 Å². The Morgan fingerprint density at radius 3 is 2.55 bits per heavy atom. The number of hydrogen-bond donors (Lipinski definition) is 2. The van der Waals surface area contributed by atoms with Crippen LogP contribution in [-0.2, 0) is 13.1 Å². The highest BCUT2D eigenvalue weighted by molar-refractivity contribution is 5.73. The fraction of sp³-hybridized carbons (Fsp3) is 0.560. The molecule has 2 aromatic rings. The zero-order chi connectivity index (χ0) is 21.5. The van der Waals surface area contributed by atoms with Crippen LogP contribution in [0.4, 0.5) is 4.79 Å². The molecule has 31 heavy (non-hydrogen) atoms. The molecule has 0 unspecified atom stereocenters. The molecule has 0 radical (unpaired) electrons. The molecule has 168 valence electrons. The summed E-state index contributed by atoms with van der Waals surface area (Å²) in [5, 5.41) is 6.02. The fourth-order valence-corrected chi connectivity index (χ4v) is 4.83. The van der Waals surface area contributed by atoms with Gasteiger partial charge in [0, 0.05) is 26.2 Å². The van der Waals surface area contributed by atoms with Crippen molar-refractivity contribution < 1.29 is 9.21 Å². The number of rotatable bonds is 8. The van der Waals surface area contributed by atoms with Crippen molar-refractivity contribution in [2.75, 3.05) is 32.7 Å². The molecule has 0 saturated carbocycles. The summed E-state index contributed by atoms with van der Waals surface area (Å²) in [7, 11) is 0. The van der Waals surface area contributed by atoms with Gasteiger partial charge in [0.25, 0.3) is 0 Å². The molecule has 2 fully saturated rings. The lowest BCUT2D eigenvalue weighted by Crippen LogP contribution is -2.41. The van der Waals surface area contributed by atoms with E-state index in [1.807, 2.05) is 12.1 Å². The van der Waals surface area contributed by atoms with Crippen molar-refractivity contribution in [1.29, 1.82) is 0 Å². The predicted octanol–water partition coefficient (Wildman–Crippen LogP) is 4.15. The Hall–Kier alpha value is -2.31. The Morgan fingerprint density at radius 2 is 1.84 bits per heavy atom. The second-order valence-electron chi connectivity index (χ2n) is 9.14. The van der Waals surface area contributed by atoms with Crippen LogP contribution in [0, 0.1) is 5.92 Å². The average molecular weight is 425 g/mol. The molecule has 1 aromatic carbocycles. The zero-order valence-electron chi connectivity index (χ0n) is 18.7. The lowest BCUT2D eigenvalue weighted by molar-refractivity contribution is 0.176. The Labute approximate surface area is 186 Å². The third kappa shape index (κ3) is 6.34. The second kappa shape index (κ2) is 10.8. The van der Waals surface area contributed by atoms with Gasteiger partial charge in [-0.15, -0.1) is 0 Å². The van der Waals surface area contributed by atoms with Crippen molar-refractivity contribution in [3.63, 3.8) is 0 Å². The largest absolute Gasteiger partial charge is 0.468 e. The number of piperidine rings is 1. The van der Waals surface area contributed by atoms with E-state index in [0.29, 0.717) is 13.1 Å². The van der Waals surface area contributed by atoms with Gasteiger partial charge in [-0.05, 0) is 74.5 Å². The van der Waals surface area contributed by atoms with Crippen LogP contribution < -0.4 is 10.6 Å². The minimum absolute atomic E-state index is 0.0973. The number of amides is 2. The summed E-state index contributed by atoms with van der Waals surface area (Å²) < 4.78 is 5.62. The van der Waals surface area contributed by atoms with Gasteiger partial charge in [-0.25, -0.2) is 4.79 Å². The van der Waals surface area contributed by atoms with E-state index in [1.165, 1.54) is 44.3 Å². The van der Waals surface area contributed by atoms with E-state index in [1.54, 1.807) is 6.26 Å². The van der Waals surface area contributed by atoms with E-state index in [4.69, 9.17) is 4.42 Å². The summed E-state index contributed by atoms with van der Waals surface area (Å²) in [6, 6.07) is 12.5. The standard InChI is InChI=1S/C25H36N4O2/c1-20-6-4-12-28(18-20)19-22-10-8-21(9-11-22)16-26-25(30)27-17-23(24-7-5-15-31-24)29-13-2-3-14-29/h5,7-11,15,20,23H,2-4,6,12-14,16-19H2,1H3,(H2,26,27,30)/t20-,23+/m0/s1. The molecule has 6 nitrogen and oxygen atoms in total. The SMILES string of the molecule is C[C@H]1CCCN(Cc2ccc(CNC(=O)NC[C@H](c3ccco3)N3CCCC3)cc2)C1. The third-order valence-electron chi connectivity index (χ3n) is 6.53. The van der Waals surface area contributed by atoms with Crippen LogP contribution in [0.5, 0.6) is 0 Å². The molecule has 2 amide bonds. The molecular weight excluding hydrogens is 388 g/mol. The number of carbonyl (C=O) groups is 1. The normalized spacial score (nSPS) is 21.1. The van der Waals surface area contributed by atoms with Crippen LogP contribution in [-0.4, -0.2) is 48.6 Å². The maximum atomic E-state index is 12.4. The van der Waals surface area contributed by atoms with Crippen molar-refractivity contribution in [2.24, 2.45) is 5.92 Å². The van der Waals surface area contributed by atoms with Crippen LogP contribution in [0.25, 0.3) is 0 Å². The summed E-state index contributed by atoms with van der Waals surface area (Å²) in [6.45, 7) is 8.94. The van der Waals surface area contributed by atoms with Gasteiger partial charge in [0.2, 0.25) is 0 Å². The van der Waals surface area contributed by atoms with Crippen LogP contribution in [0.3, 0.4) is 0 Å². The van der Waals surface area contributed by atoms with Crippen molar-refractivity contribution in [2.45, 2.75) is 51.7 Å². The third-order valence-corrected chi connectivity index (χ3v) is 6.53. The average Bonchev–Trinajstić information content (AvgIpc) is 3.49. The van der Waals surface area contributed by atoms with Crippen molar-refractivity contribution in [1.82, 2.24) is 20.4 Å². The lowest BCUT2D eigenvalue weighted by atomic mass is 9.99. The minimum Gasteiger partial charge on any atom is -0.468 e. The van der Waals surface area contributed by atoms with Gasteiger partial charge in [-0.3, -0.25) is 9.80 Å². The first kappa shape index (κ1) is 21.9. The predicted molar refractivity (Wildman–Crippen MR) is 123 cm³/mol. The first-order chi connectivity index (χ1) is 15.2. The maximum absolute atomic E-state index is 12.4. The van der Waals surface area contributed by atoms with Gasteiger partial charge >= 0.3 is 6.03 Å². The van der Waals surface area contributed by atoms with Gasteiger partial charge in [-0.2, -0.15) is 0 Å². The maximum Gasteiger partial charge on any atom is 0.315 e. The van der Waals surface area contributed by atoms with Crippen LogP contribution in [0.15, 0.2) is 47.1 Å². The number of furan rings is 1. The molecule has 3 heterocycles. The Kier molecular flexibility index (Phi) is 7.65. The number of hydrogen-bond acceptors (Lipinski definition) is 4. The summed E-state index contributed by atoms with van der Waals surface area (Å²) in [5.74, 6) is 1.72. The fourth-order valence-electron chi connectivity index (χ4n) is 4.83. The number of benzene rings is 1. The molecule has 0 bridgehead atoms. The lowest BCUT2D eigenvalue weighted by Gasteiger charge is -2.30. The minimum atomic E-state index is -0.137. The molecular formula is C25H36N4O2. The molecule has 0 aliphatic carbocycles. The Morgan fingerprint density at radius 1 is 1.06 bits per heavy atom. The molecule has 2 N–H and O–H groups in total. The first-order valence-corrected chi connectivity index (χ1v) is 11.8. The second-order valence-corrected chi connectivity index (χ2v) is 9.14. The summed E-state index contributed by atoms with van der Waals surface area (Å²) in [5.41, 5.74) is 2.46. The molecule has 2 atom stereocenters. The topological polar surface area (TPSA) is 60.8 Å². The van der Waals surface area contributed by atoms with Gasteiger partial charge in [0.05, 0.1) is 12.3 Å². The number of nitrogens with zero attached hydrogens (tertiary/aromatic N) is 2. The van der Waals surface area contributed by atoms with Gasteiger partial charge in [0.15, 0.2) is 0 Å². The van der Waals surface area contributed by atoms with E-state index in [0.717, 1.165) is 36.9 Å². The summed E-state index contributed by atoms with van der Waals surface area (Å²) in [6.07, 6.45) is 6.76. The summed E-state index contributed by atoms with van der Waals surface area (Å²) >= 11 is 0. The highest BCUT2D eigenvalue weighted by Crippen LogP contribution is 2.24. The van der Waals surface area contributed by atoms with E-state index < -0.39 is 0 Å². The van der Waals surface area contributed by atoms with Crippen LogP contribution in [0.1, 0.15) is 55.5 Å². The van der Waals surface area contributed by atoms with E-state index in [2.05, 4.69) is 51.6 Å². The molecule has 0 spiro atoms. The Bertz CT molecular complexity index is 799. The molecule has 2 aliphatic rings. The highest BCUT2D eigenvalue weighted by Gasteiger charge is 2.25. The van der Waals surface area contributed by atoms with Crippen molar-refractivity contribution in [3.05, 3.63) is 59.5 Å². The van der Waals surface area contributed by atoms with Gasteiger partial charge in [-0.1, -0.05) is 31.2 Å². The van der Waals surface area contributed by atoms with Gasteiger partial charge < -0.3 is 15.1 Å². The van der Waals surface area contributed by atoms with E-state index in [-0.39, 0.29) is 12.1 Å². The van der Waals surface area contributed by atoms with E-state index >= 15 is 0 Å².